The van der Waals surface area contributed by atoms with Crippen LogP contribution in [0.3, 0.4) is 0 Å². The number of aromatic nitrogens is 2. The second kappa shape index (κ2) is 8.63. The maximum Gasteiger partial charge on any atom is 0.263 e. The van der Waals surface area contributed by atoms with Crippen LogP contribution in [0.2, 0.25) is 0 Å². The van der Waals surface area contributed by atoms with Crippen LogP contribution >= 0.6 is 0 Å². The highest BCUT2D eigenvalue weighted by atomic mass is 32.2. The Morgan fingerprint density at radius 2 is 1.80 bits per heavy atom. The van der Waals surface area contributed by atoms with Gasteiger partial charge in [-0.15, -0.1) is 10.2 Å². The van der Waals surface area contributed by atoms with Crippen LogP contribution < -0.4 is 14.8 Å². The van der Waals surface area contributed by atoms with Crippen molar-refractivity contribution in [1.82, 2.24) is 10.2 Å². The Morgan fingerprint density at radius 3 is 2.40 bits per heavy atom. The molecule has 9 heteroatoms. The third kappa shape index (κ3) is 5.30. The number of nitrogens with zero attached hydrogens (tertiary/aromatic N) is 2. The Kier molecular flexibility index (Phi) is 6.54. The minimum absolute atomic E-state index is 0.151. The molecule has 0 fully saturated rings. The summed E-state index contributed by atoms with van der Waals surface area (Å²) in [5.41, 5.74) is 0.580. The average Bonchev–Trinajstić information content (AvgIpc) is 2.59. The number of hydrogen-bond acceptors (Lipinski definition) is 7. The van der Waals surface area contributed by atoms with Crippen molar-refractivity contribution in [2.24, 2.45) is 0 Å². The molecule has 0 aliphatic heterocycles. The molecular weight excluding hydrogens is 344 g/mol. The molecule has 1 heterocycles. The van der Waals surface area contributed by atoms with Crippen LogP contribution in [-0.4, -0.2) is 46.0 Å². The fourth-order valence-electron chi connectivity index (χ4n) is 2.16. The maximum atomic E-state index is 12.5. The first kappa shape index (κ1) is 18.9. The second-order valence-electron chi connectivity index (χ2n) is 5.31. The summed E-state index contributed by atoms with van der Waals surface area (Å²) in [5.74, 6) is 1.32. The van der Waals surface area contributed by atoms with Gasteiger partial charge in [0.25, 0.3) is 10.0 Å². The van der Waals surface area contributed by atoms with Gasteiger partial charge in [-0.05, 0) is 49.2 Å². The van der Waals surface area contributed by atoms with Crippen LogP contribution in [0.1, 0.15) is 12.0 Å². The third-order valence-electron chi connectivity index (χ3n) is 3.41. The molecule has 0 aliphatic carbocycles. The molecule has 0 aliphatic rings. The first-order valence-corrected chi connectivity index (χ1v) is 9.18. The lowest BCUT2D eigenvalue weighted by Gasteiger charge is -2.11. The van der Waals surface area contributed by atoms with Gasteiger partial charge >= 0.3 is 0 Å². The van der Waals surface area contributed by atoms with Crippen molar-refractivity contribution in [3.8, 4) is 5.75 Å². The van der Waals surface area contributed by atoms with Gasteiger partial charge in [-0.3, -0.25) is 4.72 Å². The molecule has 0 bridgehead atoms. The first-order valence-electron chi connectivity index (χ1n) is 7.70. The number of anilines is 2. The number of methoxy groups -OCH3 is 2. The predicted octanol–water partition coefficient (Wildman–Crippen LogP) is 2.04. The highest BCUT2D eigenvalue weighted by Gasteiger charge is 2.18. The summed E-state index contributed by atoms with van der Waals surface area (Å²) >= 11 is 0. The normalized spacial score (nSPS) is 11.2. The van der Waals surface area contributed by atoms with E-state index in [4.69, 9.17) is 9.47 Å². The number of rotatable bonds is 9. The van der Waals surface area contributed by atoms with Gasteiger partial charge in [0.05, 0.1) is 12.0 Å². The van der Waals surface area contributed by atoms with Crippen molar-refractivity contribution >= 4 is 21.7 Å². The zero-order valence-electron chi connectivity index (χ0n) is 14.4. The van der Waals surface area contributed by atoms with E-state index in [1.807, 2.05) is 0 Å². The number of ether oxygens (including phenoxy) is 2. The Morgan fingerprint density at radius 1 is 1.08 bits per heavy atom. The van der Waals surface area contributed by atoms with E-state index < -0.39 is 10.0 Å². The zero-order chi connectivity index (χ0) is 18.3. The average molecular weight is 366 g/mol. The molecule has 8 nitrogen and oxygen atoms in total. The van der Waals surface area contributed by atoms with Crippen molar-refractivity contribution in [1.29, 1.82) is 0 Å². The number of nitrogens with one attached hydrogen (secondary N) is 2. The summed E-state index contributed by atoms with van der Waals surface area (Å²) in [6, 6.07) is 7.98. The second-order valence-corrected chi connectivity index (χ2v) is 6.96. The lowest BCUT2D eigenvalue weighted by molar-refractivity contribution is 0.197. The SMILES string of the molecule is COCCCNc1ccc(NS(=O)(=O)c2ccc(OC)cc2C)nn1. The van der Waals surface area contributed by atoms with Crippen LogP contribution in [0.5, 0.6) is 5.75 Å². The molecule has 1 aromatic heterocycles. The van der Waals surface area contributed by atoms with Gasteiger partial charge in [-0.2, -0.15) is 0 Å². The molecule has 0 radical (unpaired) electrons. The number of sulfonamides is 1. The molecule has 0 atom stereocenters. The molecule has 1 aromatic carbocycles. The van der Waals surface area contributed by atoms with Crippen LogP contribution in [0.25, 0.3) is 0 Å². The highest BCUT2D eigenvalue weighted by molar-refractivity contribution is 7.92. The standard InChI is InChI=1S/C16H22N4O4S/c1-12-11-13(24-3)5-6-14(12)25(21,22)20-16-8-7-15(18-19-16)17-9-4-10-23-2/h5-8,11H,4,9-10H2,1-3H3,(H,17,18)(H,19,20). The van der Waals surface area contributed by atoms with E-state index in [9.17, 15) is 8.42 Å². The maximum absolute atomic E-state index is 12.5. The largest absolute Gasteiger partial charge is 0.497 e. The topological polar surface area (TPSA) is 102 Å². The summed E-state index contributed by atoms with van der Waals surface area (Å²) in [4.78, 5) is 0.164. The number of benzene rings is 1. The molecule has 0 spiro atoms. The van der Waals surface area contributed by atoms with Crippen LogP contribution in [0, 0.1) is 6.92 Å². The van der Waals surface area contributed by atoms with Gasteiger partial charge in [-0.25, -0.2) is 8.42 Å². The molecule has 0 unspecified atom stereocenters. The summed E-state index contributed by atoms with van der Waals surface area (Å²) in [6.45, 7) is 3.05. The molecule has 2 N–H and O–H groups in total. The van der Waals surface area contributed by atoms with Gasteiger partial charge in [0.2, 0.25) is 0 Å². The predicted molar refractivity (Wildman–Crippen MR) is 95.6 cm³/mol. The Bertz CT molecular complexity index is 794. The Hall–Kier alpha value is -2.39. The van der Waals surface area contributed by atoms with E-state index in [0.29, 0.717) is 30.3 Å². The van der Waals surface area contributed by atoms with Gasteiger partial charge in [0.15, 0.2) is 5.82 Å². The van der Waals surface area contributed by atoms with E-state index in [1.165, 1.54) is 13.2 Å². The minimum atomic E-state index is -3.75. The van der Waals surface area contributed by atoms with E-state index >= 15 is 0 Å². The summed E-state index contributed by atoms with van der Waals surface area (Å²) in [6.07, 6.45) is 0.837. The quantitative estimate of drug-likeness (QED) is 0.655. The van der Waals surface area contributed by atoms with Crippen molar-refractivity contribution in [3.05, 3.63) is 35.9 Å². The van der Waals surface area contributed by atoms with Crippen LogP contribution in [-0.2, 0) is 14.8 Å². The van der Waals surface area contributed by atoms with Crippen molar-refractivity contribution < 1.29 is 17.9 Å². The fourth-order valence-corrected chi connectivity index (χ4v) is 3.38. The summed E-state index contributed by atoms with van der Waals surface area (Å²) in [7, 11) is -0.578. The lowest BCUT2D eigenvalue weighted by atomic mass is 10.2. The third-order valence-corrected chi connectivity index (χ3v) is 4.92. The van der Waals surface area contributed by atoms with Crippen molar-refractivity contribution in [3.63, 3.8) is 0 Å². The van der Waals surface area contributed by atoms with E-state index in [2.05, 4.69) is 20.2 Å². The molecule has 2 aromatic rings. The molecule has 0 saturated heterocycles. The molecule has 0 saturated carbocycles. The van der Waals surface area contributed by atoms with Gasteiger partial charge < -0.3 is 14.8 Å². The molecular formula is C16H22N4O4S. The van der Waals surface area contributed by atoms with E-state index in [-0.39, 0.29) is 10.7 Å². The van der Waals surface area contributed by atoms with Crippen molar-refractivity contribution in [2.45, 2.75) is 18.2 Å². The van der Waals surface area contributed by atoms with Gasteiger partial charge in [0.1, 0.15) is 11.6 Å². The Balaban J connectivity index is 2.05. The fraction of sp³-hybridized carbons (Fsp3) is 0.375. The summed E-state index contributed by atoms with van der Waals surface area (Å²) < 4.78 is 37.5. The number of aryl methyl sites for hydroxylation is 1. The summed E-state index contributed by atoms with van der Waals surface area (Å²) in [5, 5.41) is 10.9. The van der Waals surface area contributed by atoms with Crippen LogP contribution in [0.15, 0.2) is 35.2 Å². The van der Waals surface area contributed by atoms with E-state index in [0.717, 1.165) is 6.42 Å². The number of hydrogen-bond donors (Lipinski definition) is 2. The van der Waals surface area contributed by atoms with Gasteiger partial charge in [0, 0.05) is 20.3 Å². The Labute approximate surface area is 147 Å². The van der Waals surface area contributed by atoms with Crippen molar-refractivity contribution in [2.75, 3.05) is 37.4 Å². The first-order chi connectivity index (χ1) is 12.0. The van der Waals surface area contributed by atoms with E-state index in [1.54, 1.807) is 38.3 Å². The molecule has 0 amide bonds. The van der Waals surface area contributed by atoms with Gasteiger partial charge in [-0.1, -0.05) is 0 Å². The monoisotopic (exact) mass is 366 g/mol. The molecule has 2 rings (SSSR count). The highest BCUT2D eigenvalue weighted by Crippen LogP contribution is 2.22. The molecule has 136 valence electrons. The molecule has 25 heavy (non-hydrogen) atoms. The lowest BCUT2D eigenvalue weighted by Crippen LogP contribution is -2.16. The minimum Gasteiger partial charge on any atom is -0.497 e. The smallest absolute Gasteiger partial charge is 0.263 e. The van der Waals surface area contributed by atoms with Crippen LogP contribution in [0.4, 0.5) is 11.6 Å². The zero-order valence-corrected chi connectivity index (χ0v) is 15.3.